The second-order valence-electron chi connectivity index (χ2n) is 6.81. The zero-order valence-corrected chi connectivity index (χ0v) is 17.1. The van der Waals surface area contributed by atoms with E-state index in [4.69, 9.17) is 4.74 Å². The molecule has 0 spiro atoms. The van der Waals surface area contributed by atoms with Crippen LogP contribution < -0.4 is 4.74 Å². The highest BCUT2D eigenvalue weighted by Crippen LogP contribution is 2.47. The van der Waals surface area contributed by atoms with Crippen LogP contribution in [0.1, 0.15) is 12.0 Å². The normalized spacial score (nSPS) is 10.8. The lowest BCUT2D eigenvalue weighted by atomic mass is 10.1. The van der Waals surface area contributed by atoms with Gasteiger partial charge in [-0.05, 0) is 72.1 Å². The van der Waals surface area contributed by atoms with Gasteiger partial charge >= 0.3 is 5.97 Å². The molecule has 4 rings (SSSR count). The Bertz CT molecular complexity index is 1180. The number of phenolic OH excluding ortho intramolecular Hbond substituents is 2. The Kier molecular flexibility index (Phi) is 5.59. The molecule has 5 nitrogen and oxygen atoms in total. The van der Waals surface area contributed by atoms with Crippen LogP contribution in [0.25, 0.3) is 20.5 Å². The third-order valence-corrected chi connectivity index (χ3v) is 5.93. The maximum atomic E-state index is 11.3. The first kappa shape index (κ1) is 19.8. The van der Waals surface area contributed by atoms with Crippen molar-refractivity contribution in [2.24, 2.45) is 0 Å². The first-order valence-electron chi connectivity index (χ1n) is 9.42. The van der Waals surface area contributed by atoms with Crippen molar-refractivity contribution >= 4 is 27.4 Å². The van der Waals surface area contributed by atoms with Gasteiger partial charge in [-0.3, -0.25) is 4.79 Å². The summed E-state index contributed by atoms with van der Waals surface area (Å²) in [5.41, 5.74) is 1.93. The van der Waals surface area contributed by atoms with Gasteiger partial charge in [-0.25, -0.2) is 0 Å². The number of aryl methyl sites for hydroxylation is 1. The molecule has 0 radical (unpaired) electrons. The van der Waals surface area contributed by atoms with E-state index in [-0.39, 0.29) is 17.5 Å². The molecule has 0 unspecified atom stereocenters. The Morgan fingerprint density at radius 2 is 1.63 bits per heavy atom. The van der Waals surface area contributed by atoms with Gasteiger partial charge in [0.1, 0.15) is 17.2 Å². The van der Waals surface area contributed by atoms with Gasteiger partial charge < -0.3 is 19.7 Å². The number of aromatic hydroxyl groups is 2. The van der Waals surface area contributed by atoms with Crippen LogP contribution in [-0.2, 0) is 16.0 Å². The Hall–Kier alpha value is -3.51. The van der Waals surface area contributed by atoms with E-state index in [1.807, 2.05) is 42.5 Å². The number of phenols is 2. The van der Waals surface area contributed by atoms with Crippen LogP contribution in [0.2, 0.25) is 0 Å². The van der Waals surface area contributed by atoms with Crippen LogP contribution in [0.5, 0.6) is 23.0 Å². The highest BCUT2D eigenvalue weighted by molar-refractivity contribution is 7.22. The SMILES string of the molecule is COC(=O)CCc1ccc(Oc2c(-c3ccc(O)cc3)sc3cc(O)ccc23)cc1. The van der Waals surface area contributed by atoms with E-state index in [0.717, 1.165) is 26.1 Å². The molecule has 0 aliphatic rings. The molecule has 1 aromatic heterocycles. The van der Waals surface area contributed by atoms with E-state index in [1.54, 1.807) is 24.3 Å². The van der Waals surface area contributed by atoms with Crippen LogP contribution >= 0.6 is 11.3 Å². The fraction of sp³-hybridized carbons (Fsp3) is 0.125. The van der Waals surface area contributed by atoms with E-state index in [1.165, 1.54) is 18.4 Å². The highest BCUT2D eigenvalue weighted by Gasteiger charge is 2.17. The number of esters is 1. The molecule has 0 aliphatic heterocycles. The second-order valence-corrected chi connectivity index (χ2v) is 7.86. The average molecular weight is 420 g/mol. The zero-order valence-electron chi connectivity index (χ0n) is 16.3. The number of thiophene rings is 1. The summed E-state index contributed by atoms with van der Waals surface area (Å²) in [6.45, 7) is 0. The van der Waals surface area contributed by atoms with Crippen molar-refractivity contribution in [1.82, 2.24) is 0 Å². The van der Waals surface area contributed by atoms with E-state index in [2.05, 4.69) is 4.74 Å². The molecule has 0 bridgehead atoms. The van der Waals surface area contributed by atoms with Crippen molar-refractivity contribution in [3.05, 3.63) is 72.3 Å². The first-order valence-corrected chi connectivity index (χ1v) is 10.2. The molecular formula is C24H20O5S. The van der Waals surface area contributed by atoms with E-state index in [0.29, 0.717) is 24.3 Å². The number of fused-ring (bicyclic) bond motifs is 1. The van der Waals surface area contributed by atoms with Gasteiger partial charge in [0.15, 0.2) is 5.75 Å². The van der Waals surface area contributed by atoms with Crippen LogP contribution in [0.3, 0.4) is 0 Å². The quantitative estimate of drug-likeness (QED) is 0.381. The summed E-state index contributed by atoms with van der Waals surface area (Å²) in [5, 5.41) is 20.4. The Morgan fingerprint density at radius 3 is 2.33 bits per heavy atom. The number of carbonyl (C=O) groups excluding carboxylic acids is 1. The molecule has 0 aliphatic carbocycles. The molecular weight excluding hydrogens is 400 g/mol. The number of rotatable bonds is 6. The monoisotopic (exact) mass is 420 g/mol. The number of hydrogen-bond acceptors (Lipinski definition) is 6. The predicted octanol–water partition coefficient (Wildman–Crippen LogP) is 5.88. The molecule has 0 saturated carbocycles. The summed E-state index contributed by atoms with van der Waals surface area (Å²) in [6, 6.07) is 19.7. The van der Waals surface area contributed by atoms with Gasteiger partial charge in [-0.2, -0.15) is 0 Å². The van der Waals surface area contributed by atoms with Crippen LogP contribution in [0.4, 0.5) is 0 Å². The Labute approximate surface area is 177 Å². The summed E-state index contributed by atoms with van der Waals surface area (Å²) in [7, 11) is 1.38. The molecule has 1 heterocycles. The van der Waals surface area contributed by atoms with Crippen molar-refractivity contribution in [1.29, 1.82) is 0 Å². The molecule has 3 aromatic carbocycles. The van der Waals surface area contributed by atoms with E-state index < -0.39 is 0 Å². The van der Waals surface area contributed by atoms with Crippen molar-refractivity contribution in [3.63, 3.8) is 0 Å². The zero-order chi connectivity index (χ0) is 21.1. The Balaban J connectivity index is 1.66. The molecule has 0 atom stereocenters. The maximum Gasteiger partial charge on any atom is 0.305 e. The minimum atomic E-state index is -0.234. The van der Waals surface area contributed by atoms with Gasteiger partial charge in [0.2, 0.25) is 0 Å². The molecule has 6 heteroatoms. The number of carbonyl (C=O) groups is 1. The molecule has 0 amide bonds. The molecule has 30 heavy (non-hydrogen) atoms. The minimum absolute atomic E-state index is 0.197. The third kappa shape index (κ3) is 4.23. The topological polar surface area (TPSA) is 76.0 Å². The lowest BCUT2D eigenvalue weighted by Crippen LogP contribution is -2.01. The lowest BCUT2D eigenvalue weighted by molar-refractivity contribution is -0.140. The Morgan fingerprint density at radius 1 is 0.933 bits per heavy atom. The fourth-order valence-corrected chi connectivity index (χ4v) is 4.32. The van der Waals surface area contributed by atoms with E-state index >= 15 is 0 Å². The summed E-state index contributed by atoms with van der Waals surface area (Å²) in [6.07, 6.45) is 0.937. The smallest absolute Gasteiger partial charge is 0.305 e. The van der Waals surface area contributed by atoms with Crippen LogP contribution in [-0.4, -0.2) is 23.3 Å². The summed E-state index contributed by atoms with van der Waals surface area (Å²) < 4.78 is 11.9. The lowest BCUT2D eigenvalue weighted by Gasteiger charge is -2.09. The molecule has 0 fully saturated rings. The van der Waals surface area contributed by atoms with E-state index in [9.17, 15) is 15.0 Å². The van der Waals surface area contributed by atoms with Gasteiger partial charge in [0, 0.05) is 16.5 Å². The minimum Gasteiger partial charge on any atom is -0.508 e. The number of methoxy groups -OCH3 is 1. The van der Waals surface area contributed by atoms with Crippen LogP contribution in [0.15, 0.2) is 66.7 Å². The number of benzene rings is 3. The van der Waals surface area contributed by atoms with Crippen molar-refractivity contribution in [2.45, 2.75) is 12.8 Å². The van der Waals surface area contributed by atoms with Crippen molar-refractivity contribution in [3.8, 4) is 33.4 Å². The summed E-state index contributed by atoms with van der Waals surface area (Å²) in [5.74, 6) is 1.53. The predicted molar refractivity (Wildman–Crippen MR) is 117 cm³/mol. The second kappa shape index (κ2) is 8.47. The van der Waals surface area contributed by atoms with Gasteiger partial charge in [0.25, 0.3) is 0 Å². The van der Waals surface area contributed by atoms with Gasteiger partial charge in [0.05, 0.1) is 12.0 Å². The summed E-state index contributed by atoms with van der Waals surface area (Å²) in [4.78, 5) is 12.2. The first-order chi connectivity index (χ1) is 14.5. The summed E-state index contributed by atoms with van der Waals surface area (Å²) >= 11 is 1.52. The molecule has 2 N–H and O–H groups in total. The van der Waals surface area contributed by atoms with Gasteiger partial charge in [-0.1, -0.05) is 12.1 Å². The van der Waals surface area contributed by atoms with Crippen molar-refractivity contribution in [2.75, 3.05) is 7.11 Å². The molecule has 0 saturated heterocycles. The van der Waals surface area contributed by atoms with Gasteiger partial charge in [-0.15, -0.1) is 11.3 Å². The standard InChI is InChI=1S/C24H20O5S/c1-28-22(27)13-4-15-2-10-19(11-3-15)29-23-20-12-9-18(26)14-21(20)30-24(23)16-5-7-17(25)8-6-16/h2-3,5-12,14,25-26H,4,13H2,1H3. The number of hydrogen-bond donors (Lipinski definition) is 2. The number of ether oxygens (including phenoxy) is 2. The average Bonchev–Trinajstić information content (AvgIpc) is 3.10. The largest absolute Gasteiger partial charge is 0.508 e. The third-order valence-electron chi connectivity index (χ3n) is 4.75. The highest BCUT2D eigenvalue weighted by atomic mass is 32.1. The maximum absolute atomic E-state index is 11.3. The molecule has 152 valence electrons. The molecule has 4 aromatic rings. The van der Waals surface area contributed by atoms with Crippen LogP contribution in [0, 0.1) is 0 Å². The fourth-order valence-electron chi connectivity index (χ4n) is 3.16. The van der Waals surface area contributed by atoms with Crippen molar-refractivity contribution < 1.29 is 24.5 Å².